The topological polar surface area (TPSA) is 74.6 Å². The van der Waals surface area contributed by atoms with Crippen molar-refractivity contribution in [1.82, 2.24) is 0 Å². The van der Waals surface area contributed by atoms with Crippen LogP contribution in [0.2, 0.25) is 0 Å². The Morgan fingerprint density at radius 2 is 1.10 bits per heavy atom. The van der Waals surface area contributed by atoms with E-state index in [0.717, 1.165) is 0 Å². The molecule has 0 heterocycles. The average Bonchev–Trinajstić information content (AvgIpc) is 1.61. The third-order valence-corrected chi connectivity index (χ3v) is 0.368. The molecular weight excluding hydrogens is 239 g/mol. The predicted octanol–water partition coefficient (Wildman–Crippen LogP) is -0.293. The van der Waals surface area contributed by atoms with E-state index in [4.69, 9.17) is 10.2 Å². The summed E-state index contributed by atoms with van der Waals surface area (Å²) in [7, 11) is 0. The number of carbonyl (C=O) groups is 2. The van der Waals surface area contributed by atoms with Crippen LogP contribution in [0.4, 0.5) is 0 Å². The normalized spacial score (nSPS) is 7.60. The van der Waals surface area contributed by atoms with Gasteiger partial charge in [0.25, 0.3) is 0 Å². The maximum atomic E-state index is 9.55. The van der Waals surface area contributed by atoms with Crippen LogP contribution in [-0.4, -0.2) is 22.2 Å². The van der Waals surface area contributed by atoms with Crippen LogP contribution in [0.5, 0.6) is 0 Å². The molecule has 6 heteroatoms. The van der Waals surface area contributed by atoms with Gasteiger partial charge >= 0.3 is 11.9 Å². The Morgan fingerprint density at radius 1 is 0.900 bits per heavy atom. The summed E-state index contributed by atoms with van der Waals surface area (Å²) in [6, 6.07) is 0. The first-order valence-electron chi connectivity index (χ1n) is 1.77. The quantitative estimate of drug-likeness (QED) is 0.516. The van der Waals surface area contributed by atoms with E-state index in [-0.39, 0.29) is 34.1 Å². The number of aliphatic carboxylic acids is 2. The SMILES string of the molecule is O=C(O)/C=C\C(=O)O.[Cu].[Cu]. The van der Waals surface area contributed by atoms with Gasteiger partial charge in [-0.2, -0.15) is 0 Å². The Kier molecular flexibility index (Phi) is 14.3. The van der Waals surface area contributed by atoms with Crippen LogP contribution in [0.15, 0.2) is 12.2 Å². The van der Waals surface area contributed by atoms with Gasteiger partial charge in [0, 0.05) is 46.3 Å². The summed E-state index contributed by atoms with van der Waals surface area (Å²) in [5.41, 5.74) is 0. The molecule has 0 aliphatic carbocycles. The molecule has 0 fully saturated rings. The second kappa shape index (κ2) is 8.72. The first-order chi connectivity index (χ1) is 3.63. The maximum absolute atomic E-state index is 9.55. The fourth-order valence-corrected chi connectivity index (χ4v) is 0.143. The number of carboxylic acids is 2. The number of rotatable bonds is 2. The molecule has 0 aliphatic rings. The molecule has 66 valence electrons. The molecule has 10 heavy (non-hydrogen) atoms. The summed E-state index contributed by atoms with van der Waals surface area (Å²) in [6.07, 6.45) is 1.12. The summed E-state index contributed by atoms with van der Waals surface area (Å²) >= 11 is 0. The van der Waals surface area contributed by atoms with E-state index in [1.54, 1.807) is 0 Å². The van der Waals surface area contributed by atoms with Crippen molar-refractivity contribution >= 4 is 11.9 Å². The third kappa shape index (κ3) is 15.6. The summed E-state index contributed by atoms with van der Waals surface area (Å²) < 4.78 is 0. The molecule has 0 saturated heterocycles. The fourth-order valence-electron chi connectivity index (χ4n) is 0.143. The van der Waals surface area contributed by atoms with E-state index >= 15 is 0 Å². The number of carboxylic acid groups (broad SMARTS) is 2. The van der Waals surface area contributed by atoms with Gasteiger partial charge in [-0.1, -0.05) is 0 Å². The smallest absolute Gasteiger partial charge is 0.328 e. The molecule has 0 spiro atoms. The molecule has 2 N–H and O–H groups in total. The fraction of sp³-hybridized carbons (Fsp3) is 0. The standard InChI is InChI=1S/C4H4O4.2Cu/c5-3(6)1-2-4(7)8;;/h1-2H,(H,5,6)(H,7,8);;/b2-1-;;. The largest absolute Gasteiger partial charge is 0.478 e. The van der Waals surface area contributed by atoms with Crippen LogP contribution in [0, 0.1) is 0 Å². The van der Waals surface area contributed by atoms with Crippen LogP contribution in [0.25, 0.3) is 0 Å². The number of hydrogen-bond donors (Lipinski definition) is 2. The van der Waals surface area contributed by atoms with Crippen molar-refractivity contribution < 1.29 is 53.9 Å². The van der Waals surface area contributed by atoms with E-state index in [1.165, 1.54) is 0 Å². The van der Waals surface area contributed by atoms with E-state index in [9.17, 15) is 9.59 Å². The second-order valence-electron chi connectivity index (χ2n) is 1.01. The Bertz CT molecular complexity index is 126. The van der Waals surface area contributed by atoms with Crippen LogP contribution in [0.3, 0.4) is 0 Å². The van der Waals surface area contributed by atoms with Crippen molar-refractivity contribution in [3.63, 3.8) is 0 Å². The molecule has 0 saturated carbocycles. The van der Waals surface area contributed by atoms with Gasteiger partial charge in [-0.3, -0.25) is 0 Å². The van der Waals surface area contributed by atoms with E-state index < -0.39 is 11.9 Å². The van der Waals surface area contributed by atoms with E-state index in [1.807, 2.05) is 0 Å². The van der Waals surface area contributed by atoms with Crippen LogP contribution >= 0.6 is 0 Å². The van der Waals surface area contributed by atoms with Gasteiger partial charge in [-0.25, -0.2) is 9.59 Å². The van der Waals surface area contributed by atoms with Crippen molar-refractivity contribution in [3.05, 3.63) is 12.2 Å². The van der Waals surface area contributed by atoms with Gasteiger partial charge in [0.05, 0.1) is 0 Å². The van der Waals surface area contributed by atoms with Crippen molar-refractivity contribution in [2.45, 2.75) is 0 Å². The first kappa shape index (κ1) is 16.4. The molecule has 0 bridgehead atoms. The monoisotopic (exact) mass is 242 g/mol. The minimum Gasteiger partial charge on any atom is -0.478 e. The Balaban J connectivity index is -0.000000245. The Morgan fingerprint density at radius 3 is 1.20 bits per heavy atom. The van der Waals surface area contributed by atoms with Crippen LogP contribution in [0.1, 0.15) is 0 Å². The molecular formula is C4H4Cu2O4. The minimum absolute atomic E-state index is 0. The van der Waals surface area contributed by atoms with Crippen molar-refractivity contribution in [2.75, 3.05) is 0 Å². The van der Waals surface area contributed by atoms with E-state index in [0.29, 0.717) is 12.2 Å². The van der Waals surface area contributed by atoms with Crippen molar-refractivity contribution in [1.29, 1.82) is 0 Å². The Labute approximate surface area is 78.2 Å². The van der Waals surface area contributed by atoms with Gasteiger partial charge in [-0.05, 0) is 0 Å². The zero-order chi connectivity index (χ0) is 6.57. The summed E-state index contributed by atoms with van der Waals surface area (Å²) in [4.78, 5) is 19.1. The van der Waals surface area contributed by atoms with Crippen LogP contribution in [-0.2, 0) is 43.7 Å². The van der Waals surface area contributed by atoms with Crippen molar-refractivity contribution in [2.24, 2.45) is 0 Å². The molecule has 0 rings (SSSR count). The zero-order valence-electron chi connectivity index (χ0n) is 4.47. The average molecular weight is 243 g/mol. The second-order valence-corrected chi connectivity index (χ2v) is 1.01. The third-order valence-electron chi connectivity index (χ3n) is 0.368. The molecule has 0 aromatic carbocycles. The molecule has 4 nitrogen and oxygen atoms in total. The van der Waals surface area contributed by atoms with Gasteiger partial charge in [-0.15, -0.1) is 0 Å². The predicted molar refractivity (Wildman–Crippen MR) is 24.4 cm³/mol. The molecule has 0 unspecified atom stereocenters. The molecule has 0 aromatic heterocycles. The molecule has 0 amide bonds. The summed E-state index contributed by atoms with van der Waals surface area (Å²) in [5.74, 6) is -2.51. The van der Waals surface area contributed by atoms with Gasteiger partial charge in [0.15, 0.2) is 0 Å². The zero-order valence-corrected chi connectivity index (χ0v) is 6.35. The molecule has 0 atom stereocenters. The minimum atomic E-state index is -1.26. The molecule has 2 radical (unpaired) electrons. The van der Waals surface area contributed by atoms with Crippen LogP contribution < -0.4 is 0 Å². The van der Waals surface area contributed by atoms with Crippen molar-refractivity contribution in [3.8, 4) is 0 Å². The number of hydrogen-bond acceptors (Lipinski definition) is 2. The summed E-state index contributed by atoms with van der Waals surface area (Å²) in [5, 5.41) is 15.6. The first-order valence-corrected chi connectivity index (χ1v) is 1.77. The van der Waals surface area contributed by atoms with Gasteiger partial charge in [0.1, 0.15) is 0 Å². The summed E-state index contributed by atoms with van der Waals surface area (Å²) in [6.45, 7) is 0. The van der Waals surface area contributed by atoms with E-state index in [2.05, 4.69) is 0 Å². The molecule has 0 aromatic rings. The van der Waals surface area contributed by atoms with Gasteiger partial charge in [0.2, 0.25) is 0 Å². The maximum Gasteiger partial charge on any atom is 0.328 e. The molecule has 0 aliphatic heterocycles. The Hall–Kier alpha value is -0.281. The van der Waals surface area contributed by atoms with Gasteiger partial charge < -0.3 is 10.2 Å².